The summed E-state index contributed by atoms with van der Waals surface area (Å²) < 4.78 is 5.26. The summed E-state index contributed by atoms with van der Waals surface area (Å²) in [7, 11) is 1.61. The Labute approximate surface area is 182 Å². The second-order valence-corrected chi connectivity index (χ2v) is 7.63. The normalized spacial score (nSPS) is 14.1. The first kappa shape index (κ1) is 22.3. The van der Waals surface area contributed by atoms with Crippen LogP contribution in [0.1, 0.15) is 34.3 Å². The molecule has 1 heterocycles. The molecule has 162 valence electrons. The molecule has 0 aliphatic carbocycles. The summed E-state index contributed by atoms with van der Waals surface area (Å²) >= 11 is 0. The van der Waals surface area contributed by atoms with Crippen LogP contribution in [0.5, 0.6) is 5.75 Å². The van der Waals surface area contributed by atoms with Crippen molar-refractivity contribution in [3.63, 3.8) is 0 Å². The molecule has 0 bridgehead atoms. The Bertz CT molecular complexity index is 973. The number of likely N-dealkylation sites (tertiary alicyclic amines) is 1. The number of carbonyl (C=O) groups is 2. The number of aliphatic hydroxyl groups is 1. The molecular weight excluding hydrogens is 394 g/mol. The molecule has 0 aromatic heterocycles. The lowest BCUT2D eigenvalue weighted by Crippen LogP contribution is -2.48. The molecule has 1 aliphatic rings. The number of urea groups is 1. The van der Waals surface area contributed by atoms with Gasteiger partial charge >= 0.3 is 6.03 Å². The Morgan fingerprint density at radius 2 is 1.87 bits per heavy atom. The van der Waals surface area contributed by atoms with Crippen molar-refractivity contribution in [1.82, 2.24) is 4.90 Å². The summed E-state index contributed by atoms with van der Waals surface area (Å²) in [5.74, 6) is 0.721. The number of aliphatic hydroxyl groups excluding tert-OH is 1. The maximum Gasteiger partial charge on any atom is 0.324 e. The van der Waals surface area contributed by atoms with Gasteiger partial charge < -0.3 is 14.7 Å². The summed E-state index contributed by atoms with van der Waals surface area (Å²) in [4.78, 5) is 29.2. The Balaban J connectivity index is 1.65. The molecule has 0 radical (unpaired) electrons. The van der Waals surface area contributed by atoms with Gasteiger partial charge in [-0.2, -0.15) is 5.26 Å². The molecule has 7 nitrogen and oxygen atoms in total. The van der Waals surface area contributed by atoms with E-state index < -0.39 is 0 Å². The minimum Gasteiger partial charge on any atom is -0.496 e. The maximum absolute atomic E-state index is 13.1. The van der Waals surface area contributed by atoms with Crippen LogP contribution >= 0.6 is 0 Å². The molecular formula is C24H27N3O4. The highest BCUT2D eigenvalue weighted by Gasteiger charge is 2.30. The van der Waals surface area contributed by atoms with E-state index in [1.54, 1.807) is 42.3 Å². The number of hydrogen-bond acceptors (Lipinski definition) is 5. The first-order valence-corrected chi connectivity index (χ1v) is 10.3. The zero-order chi connectivity index (χ0) is 22.4. The first-order chi connectivity index (χ1) is 15.0. The van der Waals surface area contributed by atoms with Crippen LogP contribution < -0.4 is 9.64 Å². The largest absolute Gasteiger partial charge is 0.496 e. The van der Waals surface area contributed by atoms with Crippen LogP contribution in [0.2, 0.25) is 0 Å². The van der Waals surface area contributed by atoms with Crippen molar-refractivity contribution in [2.45, 2.75) is 19.8 Å². The molecule has 2 amide bonds. The second kappa shape index (κ2) is 10.1. The van der Waals surface area contributed by atoms with Crippen molar-refractivity contribution in [3.8, 4) is 11.8 Å². The highest BCUT2D eigenvalue weighted by molar-refractivity contribution is 5.98. The minimum atomic E-state index is -0.204. The average molecular weight is 421 g/mol. The minimum absolute atomic E-state index is 0.0946. The zero-order valence-electron chi connectivity index (χ0n) is 17.9. The Kier molecular flexibility index (Phi) is 7.27. The van der Waals surface area contributed by atoms with Crippen molar-refractivity contribution < 1.29 is 19.4 Å². The topological polar surface area (TPSA) is 93.9 Å². The van der Waals surface area contributed by atoms with Crippen LogP contribution in [0.3, 0.4) is 0 Å². The third kappa shape index (κ3) is 5.04. The number of benzene rings is 2. The van der Waals surface area contributed by atoms with Gasteiger partial charge in [0.15, 0.2) is 5.78 Å². The third-order valence-corrected chi connectivity index (χ3v) is 5.68. The van der Waals surface area contributed by atoms with Crippen LogP contribution in [0.4, 0.5) is 10.5 Å². The number of ketones is 1. The Hall–Kier alpha value is -3.37. The molecule has 0 unspecified atom stereocenters. The standard InChI is InChI=1S/C24H27N3O4/c1-17-15-20(5-8-22(17)31-2)23(29)19-9-11-26(12-10-19)24(30)27(13-14-28)21-6-3-18(16-25)4-7-21/h3-8,15,19,28H,9-14H2,1-2H3. The van der Waals surface area contributed by atoms with Crippen molar-refractivity contribution in [3.05, 3.63) is 59.2 Å². The number of methoxy groups -OCH3 is 1. The molecule has 1 fully saturated rings. The second-order valence-electron chi connectivity index (χ2n) is 7.63. The fraction of sp³-hybridized carbons (Fsp3) is 0.375. The van der Waals surface area contributed by atoms with E-state index in [1.165, 1.54) is 4.90 Å². The fourth-order valence-electron chi connectivity index (χ4n) is 3.92. The number of piperidine rings is 1. The van der Waals surface area contributed by atoms with Gasteiger partial charge in [0.05, 0.1) is 31.9 Å². The summed E-state index contributed by atoms with van der Waals surface area (Å²) in [6.07, 6.45) is 1.19. The SMILES string of the molecule is COc1ccc(C(=O)C2CCN(C(=O)N(CCO)c3ccc(C#N)cc3)CC2)cc1C. The van der Waals surface area contributed by atoms with Crippen LogP contribution in [-0.2, 0) is 0 Å². The number of rotatable bonds is 6. The Morgan fingerprint density at radius 1 is 1.19 bits per heavy atom. The molecule has 0 saturated carbocycles. The average Bonchev–Trinajstić information content (AvgIpc) is 2.82. The number of Topliss-reactive ketones (excluding diaryl/α,β-unsaturated/α-hetero) is 1. The zero-order valence-corrected chi connectivity index (χ0v) is 17.9. The number of anilines is 1. The molecule has 1 saturated heterocycles. The lowest BCUT2D eigenvalue weighted by Gasteiger charge is -2.35. The van der Waals surface area contributed by atoms with Gasteiger partial charge in [0.25, 0.3) is 0 Å². The first-order valence-electron chi connectivity index (χ1n) is 10.3. The van der Waals surface area contributed by atoms with Gasteiger partial charge in [0.2, 0.25) is 0 Å². The van der Waals surface area contributed by atoms with E-state index in [0.29, 0.717) is 42.7 Å². The number of ether oxygens (including phenoxy) is 1. The maximum atomic E-state index is 13.1. The Morgan fingerprint density at radius 3 is 2.42 bits per heavy atom. The van der Waals surface area contributed by atoms with E-state index in [9.17, 15) is 14.7 Å². The van der Waals surface area contributed by atoms with Crippen LogP contribution in [-0.4, -0.2) is 55.2 Å². The summed E-state index contributed by atoms with van der Waals surface area (Å²) in [6, 6.07) is 14.0. The quantitative estimate of drug-likeness (QED) is 0.722. The lowest BCUT2D eigenvalue weighted by molar-refractivity contribution is 0.0856. The molecule has 3 rings (SSSR count). The lowest BCUT2D eigenvalue weighted by atomic mass is 9.88. The van der Waals surface area contributed by atoms with Crippen LogP contribution in [0, 0.1) is 24.2 Å². The van der Waals surface area contributed by atoms with Gasteiger partial charge in [-0.1, -0.05) is 0 Å². The molecule has 7 heteroatoms. The third-order valence-electron chi connectivity index (χ3n) is 5.68. The van der Waals surface area contributed by atoms with Crippen LogP contribution in [0.25, 0.3) is 0 Å². The van der Waals surface area contributed by atoms with Gasteiger partial charge in [0, 0.05) is 30.3 Å². The molecule has 2 aromatic rings. The number of hydrogen-bond donors (Lipinski definition) is 1. The highest BCUT2D eigenvalue weighted by atomic mass is 16.5. The van der Waals surface area contributed by atoms with E-state index in [2.05, 4.69) is 6.07 Å². The van der Waals surface area contributed by atoms with Crippen molar-refractivity contribution in [2.75, 3.05) is 38.3 Å². The molecule has 0 spiro atoms. The molecule has 31 heavy (non-hydrogen) atoms. The summed E-state index contributed by atoms with van der Waals surface area (Å²) in [6.45, 7) is 2.85. The number of aryl methyl sites for hydroxylation is 1. The number of nitriles is 1. The molecule has 2 aromatic carbocycles. The summed E-state index contributed by atoms with van der Waals surface area (Å²) in [5.41, 5.74) is 2.73. The smallest absolute Gasteiger partial charge is 0.324 e. The highest BCUT2D eigenvalue weighted by Crippen LogP contribution is 2.26. The predicted octanol–water partition coefficient (Wildman–Crippen LogP) is 3.39. The summed E-state index contributed by atoms with van der Waals surface area (Å²) in [5, 5.41) is 18.4. The molecule has 1 aliphatic heterocycles. The van der Waals surface area contributed by atoms with Crippen LogP contribution in [0.15, 0.2) is 42.5 Å². The van der Waals surface area contributed by atoms with E-state index in [1.807, 2.05) is 19.1 Å². The van der Waals surface area contributed by atoms with E-state index in [4.69, 9.17) is 10.00 Å². The van der Waals surface area contributed by atoms with Crippen molar-refractivity contribution in [2.24, 2.45) is 5.92 Å². The van der Waals surface area contributed by atoms with E-state index in [-0.39, 0.29) is 30.9 Å². The van der Waals surface area contributed by atoms with Gasteiger partial charge in [-0.25, -0.2) is 4.79 Å². The van der Waals surface area contributed by atoms with Gasteiger partial charge in [0.1, 0.15) is 5.75 Å². The monoisotopic (exact) mass is 421 g/mol. The predicted molar refractivity (Wildman–Crippen MR) is 117 cm³/mol. The van der Waals surface area contributed by atoms with Gasteiger partial charge in [-0.05, 0) is 67.8 Å². The van der Waals surface area contributed by atoms with Gasteiger partial charge in [-0.15, -0.1) is 0 Å². The van der Waals surface area contributed by atoms with Crippen molar-refractivity contribution >= 4 is 17.5 Å². The molecule has 0 atom stereocenters. The number of nitrogens with zero attached hydrogens (tertiary/aromatic N) is 3. The van der Waals surface area contributed by atoms with E-state index >= 15 is 0 Å². The number of carbonyl (C=O) groups excluding carboxylic acids is 2. The van der Waals surface area contributed by atoms with Crippen molar-refractivity contribution in [1.29, 1.82) is 5.26 Å². The van der Waals surface area contributed by atoms with Gasteiger partial charge in [-0.3, -0.25) is 9.69 Å². The fourth-order valence-corrected chi connectivity index (χ4v) is 3.92. The number of amides is 2. The van der Waals surface area contributed by atoms with E-state index in [0.717, 1.165) is 11.3 Å². The molecule has 1 N–H and O–H groups in total.